The molecule has 114 valence electrons. The Labute approximate surface area is 136 Å². The van der Waals surface area contributed by atoms with Gasteiger partial charge in [-0.1, -0.05) is 17.8 Å². The molecule has 0 aromatic carbocycles. The van der Waals surface area contributed by atoms with Crippen LogP contribution in [-0.2, 0) is 9.59 Å². The molecule has 0 radical (unpaired) electrons. The van der Waals surface area contributed by atoms with Crippen molar-refractivity contribution >= 4 is 41.5 Å². The largest absolute Gasteiger partial charge is 0.477 e. The molecule has 7 heteroatoms. The Hall–Kier alpha value is -1.73. The molecule has 2 aliphatic heterocycles. The molecule has 1 aromatic rings. The van der Waals surface area contributed by atoms with Gasteiger partial charge in [0.25, 0.3) is 0 Å². The zero-order valence-corrected chi connectivity index (χ0v) is 13.5. The second kappa shape index (κ2) is 6.18. The number of carboxylic acids is 1. The fourth-order valence-electron chi connectivity index (χ4n) is 2.25. The standard InChI is InChI=1S/C15H14N2O3S2/c1-9-2-3-10(7-16-9)4-5-21-11-8-22-13-6-12(18)17(13)14(11)15(19)20/h2-5,7,13H,6,8H2,1H3,(H,19,20)/b5-4-/t13-/m1/s1. The third-order valence-electron chi connectivity index (χ3n) is 3.43. The van der Waals surface area contributed by atoms with Crippen molar-refractivity contribution in [2.45, 2.75) is 18.7 Å². The Kier molecular flexibility index (Phi) is 4.26. The van der Waals surface area contributed by atoms with E-state index in [1.807, 2.05) is 30.5 Å². The molecule has 1 fully saturated rings. The van der Waals surface area contributed by atoms with Gasteiger partial charge in [-0.15, -0.1) is 11.8 Å². The molecule has 1 aromatic heterocycles. The Balaban J connectivity index is 1.77. The highest BCUT2D eigenvalue weighted by Gasteiger charge is 2.45. The number of carbonyl (C=O) groups is 2. The van der Waals surface area contributed by atoms with Crippen LogP contribution in [0.2, 0.25) is 0 Å². The van der Waals surface area contributed by atoms with Crippen LogP contribution in [0.15, 0.2) is 34.3 Å². The van der Waals surface area contributed by atoms with E-state index in [2.05, 4.69) is 4.98 Å². The van der Waals surface area contributed by atoms with Crippen LogP contribution < -0.4 is 0 Å². The van der Waals surface area contributed by atoms with Gasteiger partial charge in [0, 0.05) is 22.5 Å². The normalized spacial score (nSPS) is 21.0. The topological polar surface area (TPSA) is 70.5 Å². The van der Waals surface area contributed by atoms with Gasteiger partial charge in [-0.25, -0.2) is 4.79 Å². The third-order valence-corrected chi connectivity index (χ3v) is 5.72. The molecule has 1 amide bonds. The van der Waals surface area contributed by atoms with Gasteiger partial charge in [-0.2, -0.15) is 0 Å². The summed E-state index contributed by atoms with van der Waals surface area (Å²) >= 11 is 2.96. The molecule has 3 rings (SSSR count). The highest BCUT2D eigenvalue weighted by molar-refractivity contribution is 8.08. The maximum atomic E-state index is 11.6. The Morgan fingerprint density at radius 1 is 1.55 bits per heavy atom. The molecular weight excluding hydrogens is 320 g/mol. The lowest BCUT2D eigenvalue weighted by Crippen LogP contribution is -2.53. The van der Waals surface area contributed by atoms with E-state index in [9.17, 15) is 14.7 Å². The van der Waals surface area contributed by atoms with Crippen molar-refractivity contribution in [3.8, 4) is 0 Å². The Morgan fingerprint density at radius 2 is 2.36 bits per heavy atom. The first-order valence-corrected chi connectivity index (χ1v) is 8.65. The van der Waals surface area contributed by atoms with Gasteiger partial charge in [0.15, 0.2) is 0 Å². The van der Waals surface area contributed by atoms with E-state index in [1.54, 1.807) is 18.0 Å². The molecule has 2 aliphatic rings. The lowest BCUT2D eigenvalue weighted by molar-refractivity contribution is -0.146. The predicted molar refractivity (Wildman–Crippen MR) is 88.0 cm³/mol. The van der Waals surface area contributed by atoms with Gasteiger partial charge in [0.05, 0.1) is 11.8 Å². The molecule has 3 heterocycles. The Bertz CT molecular complexity index is 683. The van der Waals surface area contributed by atoms with E-state index in [0.29, 0.717) is 17.1 Å². The number of nitrogens with zero attached hydrogens (tertiary/aromatic N) is 2. The molecule has 22 heavy (non-hydrogen) atoms. The van der Waals surface area contributed by atoms with Crippen molar-refractivity contribution in [1.82, 2.24) is 9.88 Å². The number of fused-ring (bicyclic) bond motifs is 1. The van der Waals surface area contributed by atoms with E-state index >= 15 is 0 Å². The van der Waals surface area contributed by atoms with Crippen molar-refractivity contribution in [2.75, 3.05) is 5.75 Å². The summed E-state index contributed by atoms with van der Waals surface area (Å²) in [4.78, 5) is 29.4. The molecular formula is C15H14N2O3S2. The third kappa shape index (κ3) is 2.91. The van der Waals surface area contributed by atoms with Crippen LogP contribution in [0.1, 0.15) is 17.7 Å². The van der Waals surface area contributed by atoms with Crippen LogP contribution in [0, 0.1) is 6.92 Å². The zero-order chi connectivity index (χ0) is 15.7. The van der Waals surface area contributed by atoms with Crippen LogP contribution >= 0.6 is 23.5 Å². The van der Waals surface area contributed by atoms with Crippen LogP contribution in [-0.4, -0.2) is 38.0 Å². The molecule has 0 unspecified atom stereocenters. The maximum Gasteiger partial charge on any atom is 0.353 e. The number of pyridine rings is 1. The summed E-state index contributed by atoms with van der Waals surface area (Å²) in [5, 5.41) is 11.2. The molecule has 0 aliphatic carbocycles. The number of aryl methyl sites for hydroxylation is 1. The lowest BCUT2D eigenvalue weighted by atomic mass is 10.1. The minimum absolute atomic E-state index is 0.00627. The fraction of sp³-hybridized carbons (Fsp3) is 0.267. The van der Waals surface area contributed by atoms with E-state index in [0.717, 1.165) is 11.3 Å². The monoisotopic (exact) mass is 334 g/mol. The highest BCUT2D eigenvalue weighted by atomic mass is 32.2. The van der Waals surface area contributed by atoms with E-state index in [1.165, 1.54) is 16.7 Å². The lowest BCUT2D eigenvalue weighted by Gasteiger charge is -2.43. The summed E-state index contributed by atoms with van der Waals surface area (Å²) in [5.41, 5.74) is 2.04. The van der Waals surface area contributed by atoms with Crippen LogP contribution in [0.4, 0.5) is 0 Å². The summed E-state index contributed by atoms with van der Waals surface area (Å²) in [6, 6.07) is 3.88. The molecule has 0 saturated carbocycles. The van der Waals surface area contributed by atoms with Crippen molar-refractivity contribution in [3.05, 3.63) is 45.6 Å². The number of hydrogen-bond donors (Lipinski definition) is 1. The van der Waals surface area contributed by atoms with Crippen LogP contribution in [0.3, 0.4) is 0 Å². The smallest absolute Gasteiger partial charge is 0.353 e. The number of thioether (sulfide) groups is 2. The number of rotatable bonds is 4. The fourth-order valence-corrected chi connectivity index (χ4v) is 4.52. The van der Waals surface area contributed by atoms with Crippen LogP contribution in [0.25, 0.3) is 6.08 Å². The van der Waals surface area contributed by atoms with Gasteiger partial charge >= 0.3 is 5.97 Å². The van der Waals surface area contributed by atoms with Gasteiger partial charge in [-0.05, 0) is 30.0 Å². The van der Waals surface area contributed by atoms with Crippen molar-refractivity contribution in [3.63, 3.8) is 0 Å². The molecule has 5 nitrogen and oxygen atoms in total. The van der Waals surface area contributed by atoms with Crippen molar-refractivity contribution < 1.29 is 14.7 Å². The minimum Gasteiger partial charge on any atom is -0.477 e. The molecule has 0 spiro atoms. The number of aliphatic carboxylic acids is 1. The number of aromatic nitrogens is 1. The van der Waals surface area contributed by atoms with E-state index in [4.69, 9.17) is 0 Å². The zero-order valence-electron chi connectivity index (χ0n) is 11.9. The first kappa shape index (κ1) is 15.2. The van der Waals surface area contributed by atoms with Crippen molar-refractivity contribution in [2.24, 2.45) is 0 Å². The number of β-lactam (4-membered cyclic amide) rings is 1. The second-order valence-electron chi connectivity index (χ2n) is 4.96. The summed E-state index contributed by atoms with van der Waals surface area (Å²) in [6.45, 7) is 1.92. The average molecular weight is 334 g/mol. The number of amides is 1. The van der Waals surface area contributed by atoms with Gasteiger partial charge in [0.1, 0.15) is 5.70 Å². The molecule has 1 atom stereocenters. The number of carbonyl (C=O) groups excluding carboxylic acids is 1. The maximum absolute atomic E-state index is 11.6. The average Bonchev–Trinajstić information content (AvgIpc) is 2.48. The second-order valence-corrected chi connectivity index (χ2v) is 7.13. The summed E-state index contributed by atoms with van der Waals surface area (Å²) < 4.78 is 0. The van der Waals surface area contributed by atoms with Gasteiger partial charge in [-0.3, -0.25) is 14.7 Å². The van der Waals surface area contributed by atoms with Crippen LogP contribution in [0.5, 0.6) is 0 Å². The highest BCUT2D eigenvalue weighted by Crippen LogP contribution is 2.43. The summed E-state index contributed by atoms with van der Waals surface area (Å²) in [7, 11) is 0. The first-order valence-electron chi connectivity index (χ1n) is 6.72. The van der Waals surface area contributed by atoms with E-state index in [-0.39, 0.29) is 17.0 Å². The number of hydrogen-bond acceptors (Lipinski definition) is 5. The minimum atomic E-state index is -1.04. The van der Waals surface area contributed by atoms with E-state index < -0.39 is 5.97 Å². The molecule has 0 bridgehead atoms. The SMILES string of the molecule is Cc1ccc(/C=C\SC2=C(C(=O)O)N3C(=O)C[C@H]3SC2)cn1. The first-order chi connectivity index (χ1) is 10.6. The summed E-state index contributed by atoms with van der Waals surface area (Å²) in [6.07, 6.45) is 4.09. The van der Waals surface area contributed by atoms with Gasteiger partial charge < -0.3 is 5.11 Å². The molecule has 1 saturated heterocycles. The van der Waals surface area contributed by atoms with Crippen molar-refractivity contribution in [1.29, 1.82) is 0 Å². The quantitative estimate of drug-likeness (QED) is 0.854. The van der Waals surface area contributed by atoms with Gasteiger partial charge in [0.2, 0.25) is 5.91 Å². The molecule has 1 N–H and O–H groups in total. The predicted octanol–water partition coefficient (Wildman–Crippen LogP) is 2.70. The number of carboxylic acid groups (broad SMARTS) is 1. The Morgan fingerprint density at radius 3 is 3.00 bits per heavy atom. The summed E-state index contributed by atoms with van der Waals surface area (Å²) in [5.74, 6) is -0.525.